The molecule has 74 valence electrons. The van der Waals surface area contributed by atoms with Gasteiger partial charge in [-0.05, 0) is 23.2 Å². The van der Waals surface area contributed by atoms with Gasteiger partial charge in [-0.25, -0.2) is 0 Å². The molecule has 0 heteroatoms. The lowest BCUT2D eigenvalue weighted by Crippen LogP contribution is -2.30. The lowest BCUT2D eigenvalue weighted by molar-refractivity contribution is 0.112. The Labute approximate surface area is 78.8 Å². The van der Waals surface area contributed by atoms with Crippen molar-refractivity contribution in [2.45, 2.75) is 54.9 Å². The third kappa shape index (κ3) is 3.16. The molecule has 0 aliphatic heterocycles. The van der Waals surface area contributed by atoms with E-state index in [0.717, 1.165) is 17.8 Å². The first-order valence-corrected chi connectivity index (χ1v) is 5.30. The zero-order valence-corrected chi connectivity index (χ0v) is 9.94. The van der Waals surface area contributed by atoms with Crippen molar-refractivity contribution in [3.05, 3.63) is 0 Å². The van der Waals surface area contributed by atoms with E-state index in [2.05, 4.69) is 48.5 Å². The summed E-state index contributed by atoms with van der Waals surface area (Å²) in [4.78, 5) is 0. The number of hydrogen-bond donors (Lipinski definition) is 0. The zero-order valence-electron chi connectivity index (χ0n) is 9.94. The Morgan fingerprint density at radius 1 is 1.00 bits per heavy atom. The summed E-state index contributed by atoms with van der Waals surface area (Å²) in [5.41, 5.74) is 0.462. The highest BCUT2D eigenvalue weighted by Gasteiger charge is 2.30. The zero-order chi connectivity index (χ0) is 9.94. The highest BCUT2D eigenvalue weighted by Crippen LogP contribution is 2.38. The van der Waals surface area contributed by atoms with Crippen molar-refractivity contribution in [1.82, 2.24) is 0 Å². The van der Waals surface area contributed by atoms with E-state index in [1.807, 2.05) is 0 Å². The molecule has 0 rings (SSSR count). The highest BCUT2D eigenvalue weighted by atomic mass is 14.4. The maximum absolute atomic E-state index is 2.38. The summed E-state index contributed by atoms with van der Waals surface area (Å²) in [5.74, 6) is 2.51. The number of rotatable bonds is 3. The third-order valence-electron chi connectivity index (χ3n) is 2.98. The van der Waals surface area contributed by atoms with Crippen LogP contribution >= 0.6 is 0 Å². The number of hydrogen-bond acceptors (Lipinski definition) is 0. The van der Waals surface area contributed by atoms with E-state index in [4.69, 9.17) is 0 Å². The molecule has 0 radical (unpaired) electrons. The fourth-order valence-corrected chi connectivity index (χ4v) is 2.76. The third-order valence-corrected chi connectivity index (χ3v) is 2.98. The van der Waals surface area contributed by atoms with Crippen molar-refractivity contribution in [2.75, 3.05) is 0 Å². The van der Waals surface area contributed by atoms with Crippen LogP contribution < -0.4 is 0 Å². The Hall–Kier alpha value is 0. The van der Waals surface area contributed by atoms with Crippen LogP contribution in [0.4, 0.5) is 0 Å². The first-order chi connectivity index (χ1) is 5.30. The van der Waals surface area contributed by atoms with Gasteiger partial charge in [0.25, 0.3) is 0 Å². The van der Waals surface area contributed by atoms with E-state index < -0.39 is 0 Å². The molecule has 2 atom stereocenters. The predicted octanol–water partition coefficient (Wildman–Crippen LogP) is 4.35. The van der Waals surface area contributed by atoms with Gasteiger partial charge in [-0.2, -0.15) is 0 Å². The van der Waals surface area contributed by atoms with Gasteiger partial charge in [0.05, 0.1) is 0 Å². The predicted molar refractivity (Wildman–Crippen MR) is 57.2 cm³/mol. The first kappa shape index (κ1) is 12.0. The van der Waals surface area contributed by atoms with Crippen molar-refractivity contribution in [3.8, 4) is 0 Å². The topological polar surface area (TPSA) is 0 Å². The molecule has 0 aromatic rings. The maximum atomic E-state index is 2.38. The lowest BCUT2D eigenvalue weighted by atomic mass is 9.67. The van der Waals surface area contributed by atoms with Gasteiger partial charge >= 0.3 is 0 Å². The standard InChI is InChI=1S/C12H26/c1-8-10(4)11(9(2)3)12(5,6)7/h9-11H,8H2,1-7H3. The quantitative estimate of drug-likeness (QED) is 0.590. The fourth-order valence-electron chi connectivity index (χ4n) is 2.76. The van der Waals surface area contributed by atoms with Gasteiger partial charge in [-0.15, -0.1) is 0 Å². The van der Waals surface area contributed by atoms with Crippen LogP contribution in [0.15, 0.2) is 0 Å². The van der Waals surface area contributed by atoms with Gasteiger partial charge in [0.2, 0.25) is 0 Å². The van der Waals surface area contributed by atoms with E-state index in [-0.39, 0.29) is 0 Å². The van der Waals surface area contributed by atoms with Crippen molar-refractivity contribution in [3.63, 3.8) is 0 Å². The molecule has 0 N–H and O–H groups in total. The Balaban J connectivity index is 4.44. The normalized spacial score (nSPS) is 18.0. The molecule has 0 heterocycles. The van der Waals surface area contributed by atoms with Gasteiger partial charge in [-0.1, -0.05) is 54.9 Å². The van der Waals surface area contributed by atoms with Gasteiger partial charge in [0.15, 0.2) is 0 Å². The van der Waals surface area contributed by atoms with Crippen LogP contribution in [0.2, 0.25) is 0 Å². The van der Waals surface area contributed by atoms with Crippen LogP contribution in [-0.2, 0) is 0 Å². The van der Waals surface area contributed by atoms with Gasteiger partial charge < -0.3 is 0 Å². The van der Waals surface area contributed by atoms with Crippen molar-refractivity contribution >= 4 is 0 Å². The first-order valence-electron chi connectivity index (χ1n) is 5.30. The smallest absolute Gasteiger partial charge is 0.0317 e. The lowest BCUT2D eigenvalue weighted by Gasteiger charge is -2.38. The molecule has 0 aliphatic rings. The monoisotopic (exact) mass is 170 g/mol. The van der Waals surface area contributed by atoms with Gasteiger partial charge in [-0.3, -0.25) is 0 Å². The minimum absolute atomic E-state index is 0.462. The second kappa shape index (κ2) is 4.30. The second-order valence-electron chi connectivity index (χ2n) is 5.52. The largest absolute Gasteiger partial charge is 0.0651 e. The molecule has 0 nitrogen and oxygen atoms in total. The minimum Gasteiger partial charge on any atom is -0.0651 e. The maximum Gasteiger partial charge on any atom is -0.0317 e. The molecule has 2 unspecified atom stereocenters. The molecule has 0 spiro atoms. The van der Waals surface area contributed by atoms with Gasteiger partial charge in [0, 0.05) is 0 Å². The molecule has 0 saturated heterocycles. The summed E-state index contributed by atoms with van der Waals surface area (Å²) in [6, 6.07) is 0. The molecule has 12 heavy (non-hydrogen) atoms. The van der Waals surface area contributed by atoms with Crippen LogP contribution in [0.3, 0.4) is 0 Å². The Kier molecular flexibility index (Phi) is 4.30. The summed E-state index contributed by atoms with van der Waals surface area (Å²) >= 11 is 0. The van der Waals surface area contributed by atoms with Crippen LogP contribution in [0.25, 0.3) is 0 Å². The summed E-state index contributed by atoms with van der Waals surface area (Å²) < 4.78 is 0. The van der Waals surface area contributed by atoms with Crippen molar-refractivity contribution < 1.29 is 0 Å². The molecule has 0 amide bonds. The Morgan fingerprint density at radius 2 is 1.42 bits per heavy atom. The Bertz CT molecular complexity index is 116. The molecule has 0 bridgehead atoms. The Morgan fingerprint density at radius 3 is 1.50 bits per heavy atom. The minimum atomic E-state index is 0.462. The molecular weight excluding hydrogens is 144 g/mol. The van der Waals surface area contributed by atoms with Crippen LogP contribution in [0, 0.1) is 23.2 Å². The average Bonchev–Trinajstić information content (AvgIpc) is 1.83. The van der Waals surface area contributed by atoms with Gasteiger partial charge in [0.1, 0.15) is 0 Å². The van der Waals surface area contributed by atoms with E-state index in [9.17, 15) is 0 Å². The molecular formula is C12H26. The summed E-state index contributed by atoms with van der Waals surface area (Å²) in [5, 5.41) is 0. The van der Waals surface area contributed by atoms with E-state index in [0.29, 0.717) is 5.41 Å². The summed E-state index contributed by atoms with van der Waals surface area (Å²) in [6.45, 7) is 16.5. The second-order valence-corrected chi connectivity index (χ2v) is 5.52. The van der Waals surface area contributed by atoms with Crippen molar-refractivity contribution in [2.24, 2.45) is 23.2 Å². The molecule has 0 aliphatic carbocycles. The van der Waals surface area contributed by atoms with E-state index in [1.165, 1.54) is 6.42 Å². The van der Waals surface area contributed by atoms with E-state index >= 15 is 0 Å². The summed E-state index contributed by atoms with van der Waals surface area (Å²) in [7, 11) is 0. The molecule has 0 fully saturated rings. The van der Waals surface area contributed by atoms with Crippen LogP contribution in [-0.4, -0.2) is 0 Å². The highest BCUT2D eigenvalue weighted by molar-refractivity contribution is 4.80. The van der Waals surface area contributed by atoms with Crippen LogP contribution in [0.1, 0.15) is 54.9 Å². The van der Waals surface area contributed by atoms with Crippen LogP contribution in [0.5, 0.6) is 0 Å². The molecule has 0 aromatic carbocycles. The fraction of sp³-hybridized carbons (Fsp3) is 1.00. The molecule has 0 saturated carbocycles. The summed E-state index contributed by atoms with van der Waals surface area (Å²) in [6.07, 6.45) is 1.31. The van der Waals surface area contributed by atoms with Crippen molar-refractivity contribution in [1.29, 1.82) is 0 Å². The SMILES string of the molecule is CCC(C)C(C(C)C)C(C)(C)C. The van der Waals surface area contributed by atoms with E-state index in [1.54, 1.807) is 0 Å². The average molecular weight is 170 g/mol. The molecule has 0 aromatic heterocycles.